The molecule has 0 unspecified atom stereocenters. The highest BCUT2D eigenvalue weighted by Crippen LogP contribution is 2.23. The Morgan fingerprint density at radius 2 is 1.88 bits per heavy atom. The van der Waals surface area contributed by atoms with Crippen molar-refractivity contribution in [1.82, 2.24) is 14.9 Å². The summed E-state index contributed by atoms with van der Waals surface area (Å²) in [6.45, 7) is 2.61. The van der Waals surface area contributed by atoms with E-state index in [1.54, 1.807) is 0 Å². The van der Waals surface area contributed by atoms with Crippen LogP contribution < -0.4 is 4.90 Å². The molecule has 3 rings (SSSR count). The number of piperidine rings is 1. The second-order valence-corrected chi connectivity index (χ2v) is 6.67. The molecule has 0 saturated carbocycles. The monoisotopic (exact) mass is 324 g/mol. The molecule has 0 bridgehead atoms. The van der Waals surface area contributed by atoms with E-state index >= 15 is 0 Å². The summed E-state index contributed by atoms with van der Waals surface area (Å²) >= 11 is 0. The Kier molecular flexibility index (Phi) is 5.20. The molecular formula is C19H24N4O. The molecule has 1 aliphatic heterocycles. The fraction of sp³-hybridized carbons (Fsp3) is 0.421. The number of nitrogens with zero attached hydrogens (tertiary/aromatic N) is 4. The lowest BCUT2D eigenvalue weighted by atomic mass is 9.99. The summed E-state index contributed by atoms with van der Waals surface area (Å²) in [5, 5.41) is 0. The molecule has 1 aromatic heterocycles. The Balaban J connectivity index is 1.72. The predicted octanol–water partition coefficient (Wildman–Crippen LogP) is 2.62. The molecule has 0 aliphatic carbocycles. The van der Waals surface area contributed by atoms with Crippen molar-refractivity contribution in [3.63, 3.8) is 0 Å². The van der Waals surface area contributed by atoms with E-state index in [0.717, 1.165) is 55.8 Å². The minimum absolute atomic E-state index is 0.194. The average Bonchev–Trinajstić information content (AvgIpc) is 2.62. The second kappa shape index (κ2) is 7.53. The number of aldehydes is 1. The first-order valence-corrected chi connectivity index (χ1v) is 8.42. The normalized spacial score (nSPS) is 15.7. The standard InChI is InChI=1S/C19H24N4O/c1-22(2)13-16-4-3-5-17(10-16)18-11-20-19(21-12-18)23-8-6-15(14-24)7-9-23/h3-5,10-12,14-15H,6-9,13H2,1-2H3. The minimum Gasteiger partial charge on any atom is -0.341 e. The molecule has 126 valence electrons. The van der Waals surface area contributed by atoms with Gasteiger partial charge in [0.25, 0.3) is 0 Å². The number of benzene rings is 1. The third-order valence-corrected chi connectivity index (χ3v) is 4.41. The molecular weight excluding hydrogens is 300 g/mol. The summed E-state index contributed by atoms with van der Waals surface area (Å²) in [5.41, 5.74) is 3.44. The molecule has 24 heavy (non-hydrogen) atoms. The largest absolute Gasteiger partial charge is 0.341 e. The highest BCUT2D eigenvalue weighted by atomic mass is 16.1. The fourth-order valence-corrected chi connectivity index (χ4v) is 3.08. The molecule has 1 fully saturated rings. The van der Waals surface area contributed by atoms with Gasteiger partial charge in [-0.2, -0.15) is 0 Å². The zero-order chi connectivity index (χ0) is 16.9. The Bertz CT molecular complexity index is 676. The number of carbonyl (C=O) groups excluding carboxylic acids is 1. The molecule has 1 aromatic carbocycles. The van der Waals surface area contributed by atoms with Crippen LogP contribution in [0.25, 0.3) is 11.1 Å². The van der Waals surface area contributed by atoms with E-state index in [1.807, 2.05) is 12.4 Å². The number of aromatic nitrogens is 2. The van der Waals surface area contributed by atoms with Crippen LogP contribution in [0.3, 0.4) is 0 Å². The summed E-state index contributed by atoms with van der Waals surface area (Å²) in [6.07, 6.45) is 6.64. The van der Waals surface area contributed by atoms with Crippen molar-refractivity contribution in [1.29, 1.82) is 0 Å². The van der Waals surface area contributed by atoms with E-state index in [4.69, 9.17) is 0 Å². The number of rotatable bonds is 5. The molecule has 0 N–H and O–H groups in total. The number of hydrogen-bond acceptors (Lipinski definition) is 5. The molecule has 0 amide bonds. The van der Waals surface area contributed by atoms with Crippen LogP contribution >= 0.6 is 0 Å². The van der Waals surface area contributed by atoms with Crippen molar-refractivity contribution < 1.29 is 4.79 Å². The Labute approximate surface area is 143 Å². The van der Waals surface area contributed by atoms with Crippen LogP contribution in [0.15, 0.2) is 36.7 Å². The first kappa shape index (κ1) is 16.6. The summed E-state index contributed by atoms with van der Waals surface area (Å²) in [4.78, 5) is 24.2. The van der Waals surface area contributed by atoms with Crippen LogP contribution in [0.4, 0.5) is 5.95 Å². The van der Waals surface area contributed by atoms with Gasteiger partial charge in [0.2, 0.25) is 5.95 Å². The van der Waals surface area contributed by atoms with Gasteiger partial charge in [-0.25, -0.2) is 9.97 Å². The highest BCUT2D eigenvalue weighted by molar-refractivity contribution is 5.63. The van der Waals surface area contributed by atoms with Crippen molar-refractivity contribution in [3.05, 3.63) is 42.2 Å². The molecule has 2 aromatic rings. The molecule has 1 aliphatic rings. The van der Waals surface area contributed by atoms with E-state index in [1.165, 1.54) is 5.56 Å². The van der Waals surface area contributed by atoms with Crippen molar-refractivity contribution in [3.8, 4) is 11.1 Å². The quantitative estimate of drug-likeness (QED) is 0.791. The van der Waals surface area contributed by atoms with Crippen LogP contribution in [-0.4, -0.2) is 48.3 Å². The van der Waals surface area contributed by atoms with Gasteiger partial charge in [-0.3, -0.25) is 0 Å². The molecule has 0 radical (unpaired) electrons. The SMILES string of the molecule is CN(C)Cc1cccc(-c2cnc(N3CCC(C=O)CC3)nc2)c1. The van der Waals surface area contributed by atoms with Crippen molar-refractivity contribution >= 4 is 12.2 Å². The van der Waals surface area contributed by atoms with Crippen molar-refractivity contribution in [2.45, 2.75) is 19.4 Å². The van der Waals surface area contributed by atoms with Gasteiger partial charge in [0, 0.05) is 43.5 Å². The van der Waals surface area contributed by atoms with Gasteiger partial charge < -0.3 is 14.6 Å². The van der Waals surface area contributed by atoms with Crippen LogP contribution in [-0.2, 0) is 11.3 Å². The zero-order valence-electron chi connectivity index (χ0n) is 14.4. The molecule has 1 saturated heterocycles. The first-order chi connectivity index (χ1) is 11.7. The molecule has 0 atom stereocenters. The second-order valence-electron chi connectivity index (χ2n) is 6.67. The minimum atomic E-state index is 0.194. The zero-order valence-corrected chi connectivity index (χ0v) is 14.4. The van der Waals surface area contributed by atoms with E-state index in [0.29, 0.717) is 0 Å². The third kappa shape index (κ3) is 3.97. The maximum absolute atomic E-state index is 10.8. The lowest BCUT2D eigenvalue weighted by Crippen LogP contribution is -2.35. The molecule has 5 heteroatoms. The van der Waals surface area contributed by atoms with Crippen LogP contribution in [0.5, 0.6) is 0 Å². The Morgan fingerprint density at radius 1 is 1.17 bits per heavy atom. The molecule has 2 heterocycles. The summed E-state index contributed by atoms with van der Waals surface area (Å²) in [5.74, 6) is 0.951. The van der Waals surface area contributed by atoms with Crippen LogP contribution in [0.2, 0.25) is 0 Å². The lowest BCUT2D eigenvalue weighted by Gasteiger charge is -2.29. The maximum Gasteiger partial charge on any atom is 0.225 e. The molecule has 5 nitrogen and oxygen atoms in total. The predicted molar refractivity (Wildman–Crippen MR) is 95.9 cm³/mol. The van der Waals surface area contributed by atoms with Gasteiger partial charge in [-0.1, -0.05) is 18.2 Å². The van der Waals surface area contributed by atoms with Gasteiger partial charge in [-0.05, 0) is 44.1 Å². The summed E-state index contributed by atoms with van der Waals surface area (Å²) in [7, 11) is 4.14. The van der Waals surface area contributed by atoms with Crippen LogP contribution in [0, 0.1) is 5.92 Å². The maximum atomic E-state index is 10.8. The third-order valence-electron chi connectivity index (χ3n) is 4.41. The van der Waals surface area contributed by atoms with Crippen LogP contribution in [0.1, 0.15) is 18.4 Å². The topological polar surface area (TPSA) is 49.3 Å². The Morgan fingerprint density at radius 3 is 2.50 bits per heavy atom. The fourth-order valence-electron chi connectivity index (χ4n) is 3.08. The van der Waals surface area contributed by atoms with Gasteiger partial charge >= 0.3 is 0 Å². The summed E-state index contributed by atoms with van der Waals surface area (Å²) < 4.78 is 0. The van der Waals surface area contributed by atoms with Gasteiger partial charge in [0.15, 0.2) is 0 Å². The van der Waals surface area contributed by atoms with Crippen molar-refractivity contribution in [2.75, 3.05) is 32.1 Å². The van der Waals surface area contributed by atoms with Gasteiger partial charge in [0.05, 0.1) is 0 Å². The van der Waals surface area contributed by atoms with E-state index in [-0.39, 0.29) is 5.92 Å². The lowest BCUT2D eigenvalue weighted by molar-refractivity contribution is -0.111. The van der Waals surface area contributed by atoms with E-state index < -0.39 is 0 Å². The smallest absolute Gasteiger partial charge is 0.225 e. The Hall–Kier alpha value is -2.27. The number of carbonyl (C=O) groups is 1. The number of anilines is 1. The van der Waals surface area contributed by atoms with Crippen molar-refractivity contribution in [2.24, 2.45) is 5.92 Å². The summed E-state index contributed by atoms with van der Waals surface area (Å²) in [6, 6.07) is 8.49. The van der Waals surface area contributed by atoms with Gasteiger partial charge in [-0.15, -0.1) is 0 Å². The average molecular weight is 324 g/mol. The van der Waals surface area contributed by atoms with E-state index in [9.17, 15) is 4.79 Å². The number of hydrogen-bond donors (Lipinski definition) is 0. The molecule has 0 spiro atoms. The van der Waals surface area contributed by atoms with Gasteiger partial charge in [0.1, 0.15) is 6.29 Å². The van der Waals surface area contributed by atoms with E-state index in [2.05, 4.69) is 58.1 Å². The highest BCUT2D eigenvalue weighted by Gasteiger charge is 2.20. The first-order valence-electron chi connectivity index (χ1n) is 8.42.